The normalized spacial score (nSPS) is 11.3. The predicted octanol–water partition coefficient (Wildman–Crippen LogP) is 1.64. The second kappa shape index (κ2) is 6.11. The molecule has 0 aliphatic carbocycles. The zero-order chi connectivity index (χ0) is 17.3. The molecule has 0 atom stereocenters. The number of nitrogens with one attached hydrogen (secondary N) is 2. The third kappa shape index (κ3) is 2.83. The van der Waals surface area contributed by atoms with Crippen LogP contribution in [-0.4, -0.2) is 26.9 Å². The van der Waals surface area contributed by atoms with Crippen LogP contribution >= 0.6 is 0 Å². The van der Waals surface area contributed by atoms with Gasteiger partial charge in [0.15, 0.2) is 5.69 Å². The molecule has 0 unspecified atom stereocenters. The number of carbonyl (C=O) groups excluding carboxylic acids is 1. The fourth-order valence-corrected chi connectivity index (χ4v) is 2.56. The van der Waals surface area contributed by atoms with Crippen molar-refractivity contribution in [1.29, 1.82) is 0 Å². The van der Waals surface area contributed by atoms with Crippen LogP contribution in [0.25, 0.3) is 10.8 Å². The molecular weight excluding hydrogens is 306 g/mol. The number of nitrogens with zero attached hydrogens (tertiary/aromatic N) is 3. The van der Waals surface area contributed by atoms with Crippen LogP contribution in [0.2, 0.25) is 0 Å². The number of hydrogen-bond acceptors (Lipinski definition) is 4. The maximum atomic E-state index is 12.4. The highest BCUT2D eigenvalue weighted by atomic mass is 16.2. The highest BCUT2D eigenvalue weighted by Gasteiger charge is 2.14. The van der Waals surface area contributed by atoms with Crippen LogP contribution in [-0.2, 0) is 7.05 Å². The molecule has 0 aliphatic heterocycles. The molecule has 0 bridgehead atoms. The molecule has 0 radical (unpaired) electrons. The van der Waals surface area contributed by atoms with Crippen molar-refractivity contribution < 1.29 is 4.79 Å². The number of hydrazone groups is 1. The number of carbonyl (C=O) groups is 1. The van der Waals surface area contributed by atoms with Crippen molar-refractivity contribution in [2.45, 2.75) is 13.8 Å². The van der Waals surface area contributed by atoms with Crippen LogP contribution in [0.5, 0.6) is 0 Å². The zero-order valence-corrected chi connectivity index (χ0v) is 13.6. The first-order valence-corrected chi connectivity index (χ1v) is 7.43. The first-order valence-electron chi connectivity index (χ1n) is 7.43. The molecule has 122 valence electrons. The van der Waals surface area contributed by atoms with Crippen molar-refractivity contribution in [2.75, 3.05) is 0 Å². The van der Waals surface area contributed by atoms with E-state index >= 15 is 0 Å². The van der Waals surface area contributed by atoms with Gasteiger partial charge in [0.05, 0.1) is 11.6 Å². The van der Waals surface area contributed by atoms with Gasteiger partial charge in [-0.3, -0.25) is 9.59 Å². The van der Waals surface area contributed by atoms with Crippen molar-refractivity contribution in [2.24, 2.45) is 12.1 Å². The van der Waals surface area contributed by atoms with Crippen molar-refractivity contribution in [3.05, 3.63) is 63.3 Å². The molecule has 7 nitrogen and oxygen atoms in total. The Morgan fingerprint density at radius 1 is 1.29 bits per heavy atom. The van der Waals surface area contributed by atoms with Gasteiger partial charge >= 0.3 is 0 Å². The standard InChI is InChI=1S/C17H17N5O2/c1-10-8-12(11(2)19-10)9-18-20-16(23)15-13-6-4-5-7-14(13)17(24)22(3)21-15/h4-9,19H,1-3H3,(H,20,23)/b18-9+. The first-order chi connectivity index (χ1) is 11.5. The van der Waals surface area contributed by atoms with Crippen molar-refractivity contribution >= 4 is 22.9 Å². The third-order valence-corrected chi connectivity index (χ3v) is 3.73. The number of H-pyrrole nitrogens is 1. The van der Waals surface area contributed by atoms with Crippen LogP contribution in [0, 0.1) is 13.8 Å². The molecule has 3 rings (SSSR count). The summed E-state index contributed by atoms with van der Waals surface area (Å²) in [5.41, 5.74) is 5.26. The molecule has 0 fully saturated rings. The summed E-state index contributed by atoms with van der Waals surface area (Å²) in [4.78, 5) is 27.6. The third-order valence-electron chi connectivity index (χ3n) is 3.73. The molecule has 24 heavy (non-hydrogen) atoms. The lowest BCUT2D eigenvalue weighted by molar-refractivity contribution is 0.0950. The molecule has 2 N–H and O–H groups in total. The first kappa shape index (κ1) is 15.7. The van der Waals surface area contributed by atoms with Gasteiger partial charge in [-0.15, -0.1) is 0 Å². The molecule has 0 saturated carbocycles. The monoisotopic (exact) mass is 323 g/mol. The van der Waals surface area contributed by atoms with E-state index in [9.17, 15) is 9.59 Å². The molecule has 1 aromatic carbocycles. The van der Waals surface area contributed by atoms with Crippen molar-refractivity contribution in [3.63, 3.8) is 0 Å². The Labute approximate surface area is 138 Å². The molecule has 0 saturated heterocycles. The number of amides is 1. The topological polar surface area (TPSA) is 92.1 Å². The molecule has 0 spiro atoms. The van der Waals surface area contributed by atoms with Gasteiger partial charge < -0.3 is 4.98 Å². The summed E-state index contributed by atoms with van der Waals surface area (Å²) in [6, 6.07) is 8.81. The SMILES string of the molecule is Cc1cc(/C=N/NC(=O)c2nn(C)c(=O)c3ccccc23)c(C)[nH]1. The van der Waals surface area contributed by atoms with E-state index in [1.54, 1.807) is 30.5 Å². The number of fused-ring (bicyclic) bond motifs is 1. The lowest BCUT2D eigenvalue weighted by Crippen LogP contribution is -2.27. The largest absolute Gasteiger partial charge is 0.362 e. The highest BCUT2D eigenvalue weighted by molar-refractivity contribution is 6.04. The van der Waals surface area contributed by atoms with Crippen LogP contribution < -0.4 is 11.0 Å². The number of rotatable bonds is 3. The minimum absolute atomic E-state index is 0.159. The van der Waals surface area contributed by atoms with Crippen molar-refractivity contribution in [1.82, 2.24) is 20.2 Å². The summed E-state index contributed by atoms with van der Waals surface area (Å²) in [7, 11) is 1.51. The van der Waals surface area contributed by atoms with Gasteiger partial charge in [0.2, 0.25) is 0 Å². The average molecular weight is 323 g/mol. The quantitative estimate of drug-likeness (QED) is 0.567. The zero-order valence-electron chi connectivity index (χ0n) is 13.6. The maximum Gasteiger partial charge on any atom is 0.292 e. The number of aromatic nitrogens is 3. The van der Waals surface area contributed by atoms with E-state index in [0.29, 0.717) is 10.8 Å². The molecule has 2 heterocycles. The second-order valence-corrected chi connectivity index (χ2v) is 5.55. The highest BCUT2D eigenvalue weighted by Crippen LogP contribution is 2.12. The number of aromatic amines is 1. The van der Waals surface area contributed by atoms with Gasteiger partial charge in [0.25, 0.3) is 11.5 Å². The number of benzene rings is 1. The van der Waals surface area contributed by atoms with Crippen LogP contribution in [0.15, 0.2) is 40.2 Å². The number of aryl methyl sites for hydroxylation is 3. The summed E-state index contributed by atoms with van der Waals surface area (Å²) in [5.74, 6) is -0.469. The van der Waals surface area contributed by atoms with Gasteiger partial charge in [0.1, 0.15) is 0 Å². The van der Waals surface area contributed by atoms with Gasteiger partial charge in [-0.05, 0) is 26.0 Å². The van der Waals surface area contributed by atoms with E-state index < -0.39 is 5.91 Å². The molecule has 2 aromatic heterocycles. The molecule has 0 aliphatic rings. The fraction of sp³-hybridized carbons (Fsp3) is 0.176. The van der Waals surface area contributed by atoms with E-state index in [4.69, 9.17) is 0 Å². The summed E-state index contributed by atoms with van der Waals surface area (Å²) >= 11 is 0. The molecule has 7 heteroatoms. The minimum atomic E-state index is -0.469. The van der Waals surface area contributed by atoms with Crippen LogP contribution in [0.1, 0.15) is 27.4 Å². The summed E-state index contributed by atoms with van der Waals surface area (Å²) in [5, 5.41) is 8.99. The van der Waals surface area contributed by atoms with Gasteiger partial charge in [-0.25, -0.2) is 10.1 Å². The Hall–Kier alpha value is -3.22. The molecule has 1 amide bonds. The Bertz CT molecular complexity index is 1010. The Morgan fingerprint density at radius 2 is 2.00 bits per heavy atom. The lowest BCUT2D eigenvalue weighted by Gasteiger charge is -2.06. The Morgan fingerprint density at radius 3 is 2.67 bits per heavy atom. The molecular formula is C17H17N5O2. The summed E-state index contributed by atoms with van der Waals surface area (Å²) in [6.07, 6.45) is 1.57. The summed E-state index contributed by atoms with van der Waals surface area (Å²) < 4.78 is 1.15. The van der Waals surface area contributed by atoms with Crippen LogP contribution in [0.3, 0.4) is 0 Å². The van der Waals surface area contributed by atoms with Crippen LogP contribution in [0.4, 0.5) is 0 Å². The van der Waals surface area contributed by atoms with Crippen molar-refractivity contribution in [3.8, 4) is 0 Å². The van der Waals surface area contributed by atoms with E-state index in [0.717, 1.165) is 21.6 Å². The predicted molar refractivity (Wildman–Crippen MR) is 92.3 cm³/mol. The van der Waals surface area contributed by atoms with E-state index in [2.05, 4.69) is 20.6 Å². The Balaban J connectivity index is 1.91. The fourth-order valence-electron chi connectivity index (χ4n) is 2.56. The van der Waals surface area contributed by atoms with Gasteiger partial charge in [-0.1, -0.05) is 18.2 Å². The smallest absolute Gasteiger partial charge is 0.292 e. The minimum Gasteiger partial charge on any atom is -0.362 e. The van der Waals surface area contributed by atoms with E-state index in [-0.39, 0.29) is 11.3 Å². The van der Waals surface area contributed by atoms with Gasteiger partial charge in [0, 0.05) is 29.4 Å². The average Bonchev–Trinajstić information content (AvgIpc) is 2.88. The second-order valence-electron chi connectivity index (χ2n) is 5.55. The molecule has 3 aromatic rings. The maximum absolute atomic E-state index is 12.4. The lowest BCUT2D eigenvalue weighted by atomic mass is 10.1. The van der Waals surface area contributed by atoms with Gasteiger partial charge in [-0.2, -0.15) is 10.2 Å². The van der Waals surface area contributed by atoms with E-state index in [1.807, 2.05) is 19.9 Å². The summed E-state index contributed by atoms with van der Waals surface area (Å²) in [6.45, 7) is 3.88. The number of hydrogen-bond donors (Lipinski definition) is 2. The van der Waals surface area contributed by atoms with E-state index in [1.165, 1.54) is 7.05 Å². The Kier molecular flexibility index (Phi) is 3.99.